The number of rotatable bonds is 9. The first-order valence-electron chi connectivity index (χ1n) is 12.7. The Balaban J connectivity index is 1.88. The molecule has 0 aliphatic carbocycles. The van der Waals surface area contributed by atoms with Gasteiger partial charge < -0.3 is 19.3 Å². The van der Waals surface area contributed by atoms with Crippen LogP contribution in [0, 0.1) is 6.92 Å². The Morgan fingerprint density at radius 1 is 1.00 bits per heavy atom. The summed E-state index contributed by atoms with van der Waals surface area (Å²) >= 11 is 0. The molecule has 7 heteroatoms. The molecule has 1 unspecified atom stereocenters. The molecule has 3 aromatic rings. The van der Waals surface area contributed by atoms with E-state index >= 15 is 0 Å². The number of aryl methyl sites for hydroxylation is 1. The van der Waals surface area contributed by atoms with E-state index in [1.54, 1.807) is 67.8 Å². The number of hydrogen-bond acceptors (Lipinski definition) is 6. The number of nitrogens with zero attached hydrogens (tertiary/aromatic N) is 1. The Kier molecular flexibility index (Phi) is 8.05. The Bertz CT molecular complexity index is 1380. The number of amides is 1. The fraction of sp³-hybridized carbons (Fsp3) is 0.290. The molecular weight excluding hydrogens is 482 g/mol. The van der Waals surface area contributed by atoms with Crippen molar-refractivity contribution in [3.8, 4) is 17.2 Å². The lowest BCUT2D eigenvalue weighted by molar-refractivity contribution is -0.132. The van der Waals surface area contributed by atoms with Gasteiger partial charge in [-0.15, -0.1) is 0 Å². The Morgan fingerprint density at radius 2 is 1.74 bits per heavy atom. The van der Waals surface area contributed by atoms with Crippen molar-refractivity contribution in [2.24, 2.45) is 0 Å². The van der Waals surface area contributed by atoms with Gasteiger partial charge in [-0.1, -0.05) is 25.1 Å². The lowest BCUT2D eigenvalue weighted by Crippen LogP contribution is -2.29. The number of carbonyl (C=O) groups excluding carboxylic acids is 2. The molecule has 4 rings (SSSR count). The van der Waals surface area contributed by atoms with Gasteiger partial charge in [-0.25, -0.2) is 0 Å². The normalized spacial score (nSPS) is 16.7. The second kappa shape index (κ2) is 11.4. The zero-order chi connectivity index (χ0) is 27.4. The average Bonchev–Trinajstić information content (AvgIpc) is 3.18. The van der Waals surface area contributed by atoms with Gasteiger partial charge in [0.25, 0.3) is 11.7 Å². The number of carbonyl (C=O) groups is 2. The van der Waals surface area contributed by atoms with Crippen molar-refractivity contribution in [3.05, 3.63) is 89.0 Å². The lowest BCUT2D eigenvalue weighted by atomic mass is 9.94. The largest absolute Gasteiger partial charge is 0.507 e. The molecule has 0 radical (unpaired) electrons. The molecule has 0 spiro atoms. The molecule has 7 nitrogen and oxygen atoms in total. The molecule has 1 atom stereocenters. The molecule has 0 saturated carbocycles. The van der Waals surface area contributed by atoms with Crippen molar-refractivity contribution < 1.29 is 28.9 Å². The van der Waals surface area contributed by atoms with Crippen molar-refractivity contribution in [1.82, 2.24) is 0 Å². The molecule has 1 amide bonds. The fourth-order valence-corrected chi connectivity index (χ4v) is 4.51. The number of hydrogen-bond donors (Lipinski definition) is 1. The smallest absolute Gasteiger partial charge is 0.300 e. The van der Waals surface area contributed by atoms with Crippen molar-refractivity contribution in [1.29, 1.82) is 0 Å². The highest BCUT2D eigenvalue weighted by Crippen LogP contribution is 2.43. The van der Waals surface area contributed by atoms with Crippen molar-refractivity contribution >= 4 is 23.1 Å². The number of anilines is 1. The van der Waals surface area contributed by atoms with Gasteiger partial charge in [-0.05, 0) is 80.8 Å². The van der Waals surface area contributed by atoms with E-state index in [9.17, 15) is 14.7 Å². The summed E-state index contributed by atoms with van der Waals surface area (Å²) in [6.45, 7) is 8.27. The molecular formula is C31H33NO6. The molecule has 0 aromatic heterocycles. The standard InChI is InChI=1S/C31H33NO6/c1-6-15-37-25-12-8-10-23(18-25)32-28(21-9-7-11-24(17-21)36-5)27(30(34)31(32)35)29(33)22-13-14-26(20(4)16-22)38-19(2)3/h7-14,16-19,28,33H,6,15H2,1-5H3/b29-27+. The van der Waals surface area contributed by atoms with Gasteiger partial charge in [0.1, 0.15) is 23.0 Å². The van der Waals surface area contributed by atoms with Gasteiger partial charge in [0.05, 0.1) is 31.4 Å². The van der Waals surface area contributed by atoms with Crippen LogP contribution in [0.5, 0.6) is 17.2 Å². The van der Waals surface area contributed by atoms with Gasteiger partial charge in [-0.3, -0.25) is 14.5 Å². The van der Waals surface area contributed by atoms with Crippen LogP contribution in [0.2, 0.25) is 0 Å². The van der Waals surface area contributed by atoms with Gasteiger partial charge in [0, 0.05) is 17.3 Å². The van der Waals surface area contributed by atoms with Crippen molar-refractivity contribution in [2.75, 3.05) is 18.6 Å². The molecule has 198 valence electrons. The third-order valence-corrected chi connectivity index (χ3v) is 6.23. The minimum Gasteiger partial charge on any atom is -0.507 e. The first-order valence-corrected chi connectivity index (χ1v) is 12.7. The zero-order valence-electron chi connectivity index (χ0n) is 22.4. The number of aliphatic hydroxyl groups is 1. The molecule has 1 fully saturated rings. The Hall–Kier alpha value is -4.26. The molecule has 3 aromatic carbocycles. The van der Waals surface area contributed by atoms with Crippen LogP contribution in [-0.4, -0.2) is 36.6 Å². The first-order chi connectivity index (χ1) is 18.2. The van der Waals surface area contributed by atoms with Crippen molar-refractivity contribution in [3.63, 3.8) is 0 Å². The highest BCUT2D eigenvalue weighted by atomic mass is 16.5. The number of Topliss-reactive ketones (excluding diaryl/α,β-unsaturated/α-hetero) is 1. The van der Waals surface area contributed by atoms with E-state index in [2.05, 4.69) is 0 Å². The van der Waals surface area contributed by atoms with E-state index in [-0.39, 0.29) is 17.4 Å². The summed E-state index contributed by atoms with van der Waals surface area (Å²) in [6, 6.07) is 18.5. The maximum Gasteiger partial charge on any atom is 0.300 e. The van der Waals surface area contributed by atoms with Gasteiger partial charge in [0.15, 0.2) is 0 Å². The van der Waals surface area contributed by atoms with Crippen LogP contribution in [0.1, 0.15) is 49.9 Å². The summed E-state index contributed by atoms with van der Waals surface area (Å²) < 4.78 is 17.0. The Morgan fingerprint density at radius 3 is 2.42 bits per heavy atom. The Labute approximate surface area is 223 Å². The summed E-state index contributed by atoms with van der Waals surface area (Å²) in [5, 5.41) is 11.5. The average molecular weight is 516 g/mol. The number of methoxy groups -OCH3 is 1. The molecule has 38 heavy (non-hydrogen) atoms. The van der Waals surface area contributed by atoms with Gasteiger partial charge >= 0.3 is 0 Å². The second-order valence-electron chi connectivity index (χ2n) is 9.44. The lowest BCUT2D eigenvalue weighted by Gasteiger charge is -2.26. The van der Waals surface area contributed by atoms with E-state index in [1.165, 1.54) is 4.90 Å². The molecule has 1 aliphatic rings. The molecule has 1 saturated heterocycles. The van der Waals surface area contributed by atoms with E-state index in [1.807, 2.05) is 33.8 Å². The van der Waals surface area contributed by atoms with Crippen LogP contribution in [0.15, 0.2) is 72.3 Å². The van der Waals surface area contributed by atoms with Crippen molar-refractivity contribution in [2.45, 2.75) is 46.3 Å². The molecule has 1 heterocycles. The number of benzene rings is 3. The zero-order valence-corrected chi connectivity index (χ0v) is 22.4. The minimum absolute atomic E-state index is 0.0000561. The summed E-state index contributed by atoms with van der Waals surface area (Å²) in [7, 11) is 1.55. The van der Waals surface area contributed by atoms with Crippen LogP contribution >= 0.6 is 0 Å². The van der Waals surface area contributed by atoms with E-state index in [0.717, 1.165) is 12.0 Å². The maximum absolute atomic E-state index is 13.5. The van der Waals surface area contributed by atoms with Crippen LogP contribution < -0.4 is 19.1 Å². The third kappa shape index (κ3) is 5.37. The van der Waals surface area contributed by atoms with E-state index in [0.29, 0.717) is 40.7 Å². The predicted molar refractivity (Wildman–Crippen MR) is 147 cm³/mol. The molecule has 1 N–H and O–H groups in total. The molecule has 0 bridgehead atoms. The van der Waals surface area contributed by atoms with Gasteiger partial charge in [-0.2, -0.15) is 0 Å². The summed E-state index contributed by atoms with van der Waals surface area (Å²) in [4.78, 5) is 28.4. The topological polar surface area (TPSA) is 85.3 Å². The number of aliphatic hydroxyl groups excluding tert-OH is 1. The molecule has 1 aliphatic heterocycles. The fourth-order valence-electron chi connectivity index (χ4n) is 4.51. The number of ketones is 1. The predicted octanol–water partition coefficient (Wildman–Crippen LogP) is 6.21. The summed E-state index contributed by atoms with van der Waals surface area (Å²) in [6.07, 6.45) is 0.822. The van der Waals surface area contributed by atoms with E-state index in [4.69, 9.17) is 14.2 Å². The highest BCUT2D eigenvalue weighted by Gasteiger charge is 2.47. The monoisotopic (exact) mass is 515 g/mol. The van der Waals surface area contributed by atoms with Crippen LogP contribution in [0.25, 0.3) is 5.76 Å². The number of ether oxygens (including phenoxy) is 3. The maximum atomic E-state index is 13.5. The second-order valence-corrected chi connectivity index (χ2v) is 9.44. The summed E-state index contributed by atoms with van der Waals surface area (Å²) in [5.74, 6) is 0.0894. The highest BCUT2D eigenvalue weighted by molar-refractivity contribution is 6.51. The quantitative estimate of drug-likeness (QED) is 0.207. The minimum atomic E-state index is -0.876. The SMILES string of the molecule is CCCOc1cccc(N2C(=O)C(=O)/C(=C(/O)c3ccc(OC(C)C)c(C)c3)C2c2cccc(OC)c2)c1. The van der Waals surface area contributed by atoms with Crippen LogP contribution in [0.3, 0.4) is 0 Å². The van der Waals surface area contributed by atoms with Gasteiger partial charge in [0.2, 0.25) is 0 Å². The van der Waals surface area contributed by atoms with E-state index < -0.39 is 17.7 Å². The van der Waals surface area contributed by atoms with Crippen LogP contribution in [0.4, 0.5) is 5.69 Å². The van der Waals surface area contributed by atoms with Crippen LogP contribution in [-0.2, 0) is 9.59 Å². The summed E-state index contributed by atoms with van der Waals surface area (Å²) in [5.41, 5.74) is 2.34. The first kappa shape index (κ1) is 26.8. The third-order valence-electron chi connectivity index (χ3n) is 6.23.